The normalized spacial score (nSPS) is 20.9. The Labute approximate surface area is 123 Å². The highest BCUT2D eigenvalue weighted by atomic mass is 32.2. The summed E-state index contributed by atoms with van der Waals surface area (Å²) in [4.78, 5) is 0.0848. The van der Waals surface area contributed by atoms with Crippen molar-refractivity contribution in [2.24, 2.45) is 10.9 Å². The van der Waals surface area contributed by atoms with Crippen LogP contribution in [0.15, 0.2) is 22.2 Å². The van der Waals surface area contributed by atoms with E-state index >= 15 is 0 Å². The number of sulfonamides is 1. The predicted octanol–water partition coefficient (Wildman–Crippen LogP) is 1.34. The molecule has 0 aromatic heterocycles. The van der Waals surface area contributed by atoms with E-state index in [0.29, 0.717) is 30.5 Å². The summed E-state index contributed by atoms with van der Waals surface area (Å²) in [7, 11) is -3.83. The van der Waals surface area contributed by atoms with Crippen molar-refractivity contribution in [2.75, 3.05) is 6.54 Å². The lowest BCUT2D eigenvalue weighted by Crippen LogP contribution is -2.44. The molecule has 0 amide bonds. The minimum absolute atomic E-state index is 0.0848. The lowest BCUT2D eigenvalue weighted by molar-refractivity contribution is 0.311. The zero-order chi connectivity index (χ0) is 15.8. The second-order valence-corrected chi connectivity index (χ2v) is 6.99. The van der Waals surface area contributed by atoms with Gasteiger partial charge >= 0.3 is 0 Å². The monoisotopic (exact) mass is 315 g/mol. The van der Waals surface area contributed by atoms with Gasteiger partial charge < -0.3 is 10.9 Å². The molecule has 3 N–H and O–H groups in total. The fourth-order valence-electron chi connectivity index (χ4n) is 2.81. The summed E-state index contributed by atoms with van der Waals surface area (Å²) in [5.41, 5.74) is 6.27. The maximum Gasteiger partial charge on any atom is 0.244 e. The average molecular weight is 315 g/mol. The van der Waals surface area contributed by atoms with Gasteiger partial charge in [0, 0.05) is 6.54 Å². The summed E-state index contributed by atoms with van der Waals surface area (Å²) < 4.78 is 40.2. The van der Waals surface area contributed by atoms with Crippen LogP contribution in [0.1, 0.15) is 24.0 Å². The zero-order valence-electron chi connectivity index (χ0n) is 11.9. The third-order valence-electron chi connectivity index (χ3n) is 3.65. The van der Waals surface area contributed by atoms with Crippen molar-refractivity contribution in [1.29, 1.82) is 0 Å². The van der Waals surface area contributed by atoms with Gasteiger partial charge in [0.1, 0.15) is 5.82 Å². The third kappa shape index (κ3) is 2.73. The molecule has 1 aliphatic rings. The maximum absolute atomic E-state index is 13.4. The molecule has 0 bridgehead atoms. The number of rotatable bonds is 3. The fourth-order valence-corrected chi connectivity index (χ4v) is 4.90. The van der Waals surface area contributed by atoms with Crippen LogP contribution in [0, 0.1) is 19.7 Å². The second kappa shape index (κ2) is 5.61. The van der Waals surface area contributed by atoms with E-state index in [1.807, 2.05) is 0 Å². The van der Waals surface area contributed by atoms with Gasteiger partial charge in [-0.3, -0.25) is 0 Å². The van der Waals surface area contributed by atoms with Gasteiger partial charge in [-0.2, -0.15) is 4.31 Å². The highest BCUT2D eigenvalue weighted by molar-refractivity contribution is 7.89. The standard InChI is InChI=1S/C13H18FN3O3S/c1-8-6-10(14)7-9(2)12(8)21(19,20)17-5-3-4-11(17)13(15)16-18/h6-7,11,18H,3-5H2,1-2H3,(H2,15,16). The smallest absolute Gasteiger partial charge is 0.244 e. The van der Waals surface area contributed by atoms with Crippen molar-refractivity contribution in [3.8, 4) is 0 Å². The number of benzene rings is 1. The van der Waals surface area contributed by atoms with E-state index < -0.39 is 21.9 Å². The molecule has 0 spiro atoms. The SMILES string of the molecule is Cc1cc(F)cc(C)c1S(=O)(=O)N1CCCC1/C(N)=N/O. The highest BCUT2D eigenvalue weighted by Crippen LogP contribution is 2.30. The number of nitrogens with two attached hydrogens (primary N) is 1. The lowest BCUT2D eigenvalue weighted by atomic mass is 10.1. The first-order valence-corrected chi connectivity index (χ1v) is 7.99. The van der Waals surface area contributed by atoms with Crippen LogP contribution in [-0.4, -0.2) is 36.4 Å². The summed E-state index contributed by atoms with van der Waals surface area (Å²) in [6.07, 6.45) is 1.12. The molecule has 1 fully saturated rings. The van der Waals surface area contributed by atoms with Gasteiger partial charge in [-0.25, -0.2) is 12.8 Å². The van der Waals surface area contributed by atoms with Crippen molar-refractivity contribution >= 4 is 15.9 Å². The summed E-state index contributed by atoms with van der Waals surface area (Å²) in [5, 5.41) is 11.7. The Bertz CT molecular complexity index is 665. The first kappa shape index (κ1) is 15.7. The largest absolute Gasteiger partial charge is 0.409 e. The van der Waals surface area contributed by atoms with Gasteiger partial charge in [-0.15, -0.1) is 0 Å². The first-order chi connectivity index (χ1) is 9.78. The van der Waals surface area contributed by atoms with Crippen LogP contribution in [-0.2, 0) is 10.0 Å². The van der Waals surface area contributed by atoms with Gasteiger partial charge in [0.15, 0.2) is 5.84 Å². The molecule has 6 nitrogen and oxygen atoms in total. The molecule has 8 heteroatoms. The van der Waals surface area contributed by atoms with Crippen LogP contribution < -0.4 is 5.73 Å². The molecule has 2 rings (SSSR count). The third-order valence-corrected chi connectivity index (χ3v) is 5.87. The van der Waals surface area contributed by atoms with Crippen molar-refractivity contribution < 1.29 is 18.0 Å². The van der Waals surface area contributed by atoms with Crippen molar-refractivity contribution in [1.82, 2.24) is 4.31 Å². The summed E-state index contributed by atoms with van der Waals surface area (Å²) >= 11 is 0. The summed E-state index contributed by atoms with van der Waals surface area (Å²) in [6, 6.07) is 1.71. The maximum atomic E-state index is 13.4. The minimum Gasteiger partial charge on any atom is -0.409 e. The molecule has 1 atom stereocenters. The van der Waals surface area contributed by atoms with Crippen LogP contribution in [0.4, 0.5) is 4.39 Å². The van der Waals surface area contributed by atoms with E-state index in [1.165, 1.54) is 16.4 Å². The summed E-state index contributed by atoms with van der Waals surface area (Å²) in [6.45, 7) is 3.40. The molecule has 116 valence electrons. The Morgan fingerprint density at radius 3 is 2.52 bits per heavy atom. The van der Waals surface area contributed by atoms with Crippen LogP contribution in [0.3, 0.4) is 0 Å². The van der Waals surface area contributed by atoms with Crippen LogP contribution in [0.2, 0.25) is 0 Å². The highest BCUT2D eigenvalue weighted by Gasteiger charge is 2.39. The quantitative estimate of drug-likeness (QED) is 0.381. The van der Waals surface area contributed by atoms with Gasteiger partial charge in [0.05, 0.1) is 10.9 Å². The van der Waals surface area contributed by atoms with Crippen molar-refractivity contribution in [3.05, 3.63) is 29.1 Å². The van der Waals surface area contributed by atoms with E-state index in [9.17, 15) is 12.8 Å². The lowest BCUT2D eigenvalue weighted by Gasteiger charge is -2.24. The number of hydrogen-bond acceptors (Lipinski definition) is 4. The topological polar surface area (TPSA) is 96.0 Å². The van der Waals surface area contributed by atoms with Crippen molar-refractivity contribution in [2.45, 2.75) is 37.6 Å². The number of nitrogens with zero attached hydrogens (tertiary/aromatic N) is 2. The zero-order valence-corrected chi connectivity index (χ0v) is 12.7. The molecule has 0 saturated carbocycles. The van der Waals surface area contributed by atoms with Crippen LogP contribution in [0.25, 0.3) is 0 Å². The van der Waals surface area contributed by atoms with E-state index in [1.54, 1.807) is 13.8 Å². The number of oxime groups is 1. The molecule has 21 heavy (non-hydrogen) atoms. The van der Waals surface area contributed by atoms with E-state index in [4.69, 9.17) is 10.9 Å². The minimum atomic E-state index is -3.83. The molecule has 0 radical (unpaired) electrons. The van der Waals surface area contributed by atoms with Gasteiger partial charge in [-0.05, 0) is 49.9 Å². The molecule has 1 heterocycles. The number of amidine groups is 1. The van der Waals surface area contributed by atoms with Gasteiger partial charge in [0.25, 0.3) is 0 Å². The molecule has 1 aliphatic heterocycles. The van der Waals surface area contributed by atoms with E-state index in [2.05, 4.69) is 5.16 Å². The summed E-state index contributed by atoms with van der Waals surface area (Å²) in [5.74, 6) is -0.605. The molecule has 1 aromatic carbocycles. The van der Waals surface area contributed by atoms with Crippen LogP contribution >= 0.6 is 0 Å². The molecular formula is C13H18FN3O3S. The van der Waals surface area contributed by atoms with Crippen LogP contribution in [0.5, 0.6) is 0 Å². The molecule has 1 unspecified atom stereocenters. The molecular weight excluding hydrogens is 297 g/mol. The molecule has 0 aliphatic carbocycles. The average Bonchev–Trinajstić information content (AvgIpc) is 2.86. The van der Waals surface area contributed by atoms with Gasteiger partial charge in [0.2, 0.25) is 10.0 Å². The van der Waals surface area contributed by atoms with E-state index in [-0.39, 0.29) is 10.7 Å². The second-order valence-electron chi connectivity index (χ2n) is 5.17. The first-order valence-electron chi connectivity index (χ1n) is 6.55. The molecule has 1 aromatic rings. The number of aryl methyl sites for hydroxylation is 2. The Kier molecular flexibility index (Phi) is 4.20. The fraction of sp³-hybridized carbons (Fsp3) is 0.462. The Morgan fingerprint density at radius 1 is 1.43 bits per heavy atom. The molecule has 1 saturated heterocycles. The number of hydrogen-bond donors (Lipinski definition) is 2. The number of halogens is 1. The van der Waals surface area contributed by atoms with E-state index in [0.717, 1.165) is 0 Å². The Morgan fingerprint density at radius 2 is 2.00 bits per heavy atom. The van der Waals surface area contributed by atoms with Gasteiger partial charge in [-0.1, -0.05) is 5.16 Å². The predicted molar refractivity (Wildman–Crippen MR) is 76.2 cm³/mol. The Balaban J connectivity index is 2.53. The Hall–Kier alpha value is -1.67. The van der Waals surface area contributed by atoms with Crippen molar-refractivity contribution in [3.63, 3.8) is 0 Å².